The molecule has 1 heterocycles. The van der Waals surface area contributed by atoms with Gasteiger partial charge in [-0.1, -0.05) is 24.3 Å². The number of hydrogen-bond acceptors (Lipinski definition) is 3. The molecule has 0 aliphatic heterocycles. The van der Waals surface area contributed by atoms with Crippen molar-refractivity contribution in [2.75, 3.05) is 17.2 Å². The van der Waals surface area contributed by atoms with E-state index in [2.05, 4.69) is 16.0 Å². The third-order valence-electron chi connectivity index (χ3n) is 4.69. The topological polar surface area (TPSA) is 83.1 Å². The molecule has 6 nitrogen and oxygen atoms in total. The first-order valence-electron chi connectivity index (χ1n) is 9.50. The van der Waals surface area contributed by atoms with Gasteiger partial charge in [-0.25, -0.2) is 4.79 Å². The Bertz CT molecular complexity index is 1040. The zero-order valence-corrected chi connectivity index (χ0v) is 15.7. The number of rotatable bonds is 5. The largest absolute Gasteiger partial charge is 0.338 e. The molecular formula is C22H22N4O2. The lowest BCUT2D eigenvalue weighted by Gasteiger charge is -2.11. The van der Waals surface area contributed by atoms with Gasteiger partial charge in [0.05, 0.1) is 11.1 Å². The number of hydrogen-bond donors (Lipinski definition) is 3. The van der Waals surface area contributed by atoms with E-state index in [1.54, 1.807) is 24.3 Å². The zero-order chi connectivity index (χ0) is 19.5. The zero-order valence-electron chi connectivity index (χ0n) is 15.7. The quantitative estimate of drug-likeness (QED) is 0.615. The molecule has 1 aromatic heterocycles. The minimum Gasteiger partial charge on any atom is -0.338 e. The van der Waals surface area contributed by atoms with Gasteiger partial charge in [-0.2, -0.15) is 0 Å². The summed E-state index contributed by atoms with van der Waals surface area (Å²) in [6, 6.07) is 16.4. The fourth-order valence-electron chi connectivity index (χ4n) is 3.18. The van der Waals surface area contributed by atoms with Crippen molar-refractivity contribution in [1.82, 2.24) is 10.3 Å². The van der Waals surface area contributed by atoms with Crippen LogP contribution in [0.1, 0.15) is 41.7 Å². The molecule has 3 N–H and O–H groups in total. The van der Waals surface area contributed by atoms with Crippen LogP contribution in [0.5, 0.6) is 0 Å². The van der Waals surface area contributed by atoms with Crippen LogP contribution in [-0.4, -0.2) is 23.5 Å². The Kier molecular flexibility index (Phi) is 4.93. The molecule has 0 spiro atoms. The Morgan fingerprint density at radius 3 is 2.50 bits per heavy atom. The highest BCUT2D eigenvalue weighted by atomic mass is 16.2. The molecule has 1 aliphatic carbocycles. The van der Waals surface area contributed by atoms with E-state index in [-0.39, 0.29) is 11.9 Å². The third kappa shape index (κ3) is 3.96. The summed E-state index contributed by atoms with van der Waals surface area (Å²) in [5.41, 5.74) is 3.67. The maximum absolute atomic E-state index is 13.0. The fourth-order valence-corrected chi connectivity index (χ4v) is 3.18. The van der Waals surface area contributed by atoms with Gasteiger partial charge in [0.2, 0.25) is 0 Å². The summed E-state index contributed by atoms with van der Waals surface area (Å²) in [5.74, 6) is 0.274. The summed E-state index contributed by atoms with van der Waals surface area (Å²) in [6.45, 7) is 2.39. The van der Waals surface area contributed by atoms with Gasteiger partial charge < -0.3 is 16.0 Å². The lowest BCUT2D eigenvalue weighted by Crippen LogP contribution is -2.28. The highest BCUT2D eigenvalue weighted by Gasteiger charge is 2.27. The average molecular weight is 374 g/mol. The number of carbonyl (C=O) groups is 2. The van der Waals surface area contributed by atoms with Crippen LogP contribution in [0.25, 0.3) is 10.9 Å². The van der Waals surface area contributed by atoms with Crippen LogP contribution in [-0.2, 0) is 0 Å². The smallest absolute Gasteiger partial charge is 0.319 e. The number of para-hydroxylation sites is 1. The normalized spacial score (nSPS) is 13.2. The molecule has 28 heavy (non-hydrogen) atoms. The summed E-state index contributed by atoms with van der Waals surface area (Å²) in [5, 5.41) is 9.20. The molecule has 1 saturated carbocycles. The Morgan fingerprint density at radius 2 is 1.75 bits per heavy atom. The van der Waals surface area contributed by atoms with Crippen molar-refractivity contribution < 1.29 is 9.59 Å². The van der Waals surface area contributed by atoms with Gasteiger partial charge in [0, 0.05) is 34.9 Å². The number of carbonyl (C=O) groups excluding carboxylic acids is 2. The van der Waals surface area contributed by atoms with Crippen molar-refractivity contribution in [3.63, 3.8) is 0 Å². The molecule has 1 aliphatic rings. The van der Waals surface area contributed by atoms with E-state index in [9.17, 15) is 9.59 Å². The number of anilines is 2. The highest BCUT2D eigenvalue weighted by molar-refractivity contribution is 6.12. The van der Waals surface area contributed by atoms with Crippen LogP contribution < -0.4 is 16.0 Å². The van der Waals surface area contributed by atoms with E-state index in [0.29, 0.717) is 29.4 Å². The molecule has 0 bridgehead atoms. The molecule has 142 valence electrons. The van der Waals surface area contributed by atoms with Crippen molar-refractivity contribution >= 4 is 34.2 Å². The third-order valence-corrected chi connectivity index (χ3v) is 4.69. The van der Waals surface area contributed by atoms with E-state index in [0.717, 1.165) is 29.4 Å². The number of nitrogens with one attached hydrogen (secondary N) is 3. The SMILES string of the molecule is CCNC(=O)Nc1cccc(NC(=O)c2cc(C3CC3)nc3ccccc23)c1. The van der Waals surface area contributed by atoms with Gasteiger partial charge in [-0.3, -0.25) is 9.78 Å². The number of amides is 3. The Hall–Kier alpha value is -3.41. The van der Waals surface area contributed by atoms with Crippen molar-refractivity contribution in [3.05, 3.63) is 65.9 Å². The van der Waals surface area contributed by atoms with E-state index in [4.69, 9.17) is 4.98 Å². The lowest BCUT2D eigenvalue weighted by molar-refractivity contribution is 0.102. The fraction of sp³-hybridized carbons (Fsp3) is 0.227. The van der Waals surface area contributed by atoms with E-state index in [1.165, 1.54) is 0 Å². The maximum Gasteiger partial charge on any atom is 0.319 e. The minimum absolute atomic E-state index is 0.185. The molecule has 2 aromatic carbocycles. The first kappa shape index (κ1) is 18.0. The number of nitrogens with zero attached hydrogens (tertiary/aromatic N) is 1. The molecule has 3 amide bonds. The van der Waals surface area contributed by atoms with Crippen molar-refractivity contribution in [2.24, 2.45) is 0 Å². The van der Waals surface area contributed by atoms with Gasteiger partial charge in [0.25, 0.3) is 5.91 Å². The van der Waals surface area contributed by atoms with Crippen LogP contribution in [0.2, 0.25) is 0 Å². The maximum atomic E-state index is 13.0. The molecule has 0 atom stereocenters. The van der Waals surface area contributed by atoms with Crippen LogP contribution >= 0.6 is 0 Å². The molecule has 0 saturated heterocycles. The summed E-state index contributed by atoms with van der Waals surface area (Å²) >= 11 is 0. The predicted molar refractivity (Wildman–Crippen MR) is 111 cm³/mol. The van der Waals surface area contributed by atoms with Crippen molar-refractivity contribution in [1.29, 1.82) is 0 Å². The minimum atomic E-state index is -0.278. The van der Waals surface area contributed by atoms with Gasteiger partial charge in [-0.05, 0) is 50.1 Å². The van der Waals surface area contributed by atoms with Crippen molar-refractivity contribution in [2.45, 2.75) is 25.7 Å². The number of aromatic nitrogens is 1. The Balaban J connectivity index is 1.59. The second-order valence-electron chi connectivity index (χ2n) is 6.91. The molecule has 0 radical (unpaired) electrons. The first-order chi connectivity index (χ1) is 13.6. The Labute approximate surface area is 163 Å². The van der Waals surface area contributed by atoms with Gasteiger partial charge in [-0.15, -0.1) is 0 Å². The second-order valence-corrected chi connectivity index (χ2v) is 6.91. The predicted octanol–water partition coefficient (Wildman–Crippen LogP) is 4.51. The monoisotopic (exact) mass is 374 g/mol. The van der Waals surface area contributed by atoms with Gasteiger partial charge in [0.1, 0.15) is 0 Å². The molecule has 3 aromatic rings. The summed E-state index contributed by atoms with van der Waals surface area (Å²) < 4.78 is 0. The molecule has 4 rings (SSSR count). The summed E-state index contributed by atoms with van der Waals surface area (Å²) in [4.78, 5) is 29.4. The van der Waals surface area contributed by atoms with Crippen LogP contribution in [0.15, 0.2) is 54.6 Å². The van der Waals surface area contributed by atoms with E-state index in [1.807, 2.05) is 37.3 Å². The average Bonchev–Trinajstić information content (AvgIpc) is 3.53. The first-order valence-corrected chi connectivity index (χ1v) is 9.50. The number of fused-ring (bicyclic) bond motifs is 1. The Morgan fingerprint density at radius 1 is 1.00 bits per heavy atom. The van der Waals surface area contributed by atoms with E-state index >= 15 is 0 Å². The van der Waals surface area contributed by atoms with Gasteiger partial charge in [0.15, 0.2) is 0 Å². The molecule has 1 fully saturated rings. The van der Waals surface area contributed by atoms with Crippen LogP contribution in [0.3, 0.4) is 0 Å². The van der Waals surface area contributed by atoms with Crippen LogP contribution in [0.4, 0.5) is 16.2 Å². The standard InChI is InChI=1S/C22H22N4O2/c1-2-23-22(28)25-16-7-5-6-15(12-16)24-21(27)18-13-20(14-10-11-14)26-19-9-4-3-8-17(18)19/h3-9,12-14H,2,10-11H2,1H3,(H,24,27)(H2,23,25,28). The van der Waals surface area contributed by atoms with Crippen molar-refractivity contribution in [3.8, 4) is 0 Å². The van der Waals surface area contributed by atoms with Crippen LogP contribution in [0, 0.1) is 0 Å². The molecule has 6 heteroatoms. The number of pyridine rings is 1. The number of benzene rings is 2. The highest BCUT2D eigenvalue weighted by Crippen LogP contribution is 2.40. The molecular weight excluding hydrogens is 352 g/mol. The van der Waals surface area contributed by atoms with Gasteiger partial charge >= 0.3 is 6.03 Å². The second kappa shape index (κ2) is 7.68. The van der Waals surface area contributed by atoms with E-state index < -0.39 is 0 Å². The number of urea groups is 1. The molecule has 0 unspecified atom stereocenters. The summed E-state index contributed by atoms with van der Waals surface area (Å²) in [6.07, 6.45) is 2.25. The summed E-state index contributed by atoms with van der Waals surface area (Å²) in [7, 11) is 0. The lowest BCUT2D eigenvalue weighted by atomic mass is 10.1.